The molecule has 0 fully saturated rings. The molecule has 2 aromatic heterocycles. The quantitative estimate of drug-likeness (QED) is 0.240. The van der Waals surface area contributed by atoms with Gasteiger partial charge in [0.1, 0.15) is 18.4 Å². The lowest BCUT2D eigenvalue weighted by Crippen LogP contribution is -2.27. The Morgan fingerprint density at radius 1 is 0.975 bits per heavy atom. The second-order valence-electron chi connectivity index (χ2n) is 9.77. The number of ether oxygens (including phenoxy) is 2. The minimum absolute atomic E-state index is 0.0769. The molecule has 0 radical (unpaired) electrons. The Bertz CT molecular complexity index is 1450. The van der Waals surface area contributed by atoms with Crippen molar-refractivity contribution in [1.29, 1.82) is 0 Å². The van der Waals surface area contributed by atoms with Crippen LogP contribution in [0.25, 0.3) is 22.4 Å². The SMILES string of the molecule is Cc1cc(-c2ccc(-c3ccncc3)cc2)nn1CCOc1ccc(CCC(=O)O)c(C(N)C(=O)OC(C)C)c1. The largest absolute Gasteiger partial charge is 0.492 e. The van der Waals surface area contributed by atoms with Gasteiger partial charge in [-0.3, -0.25) is 14.5 Å². The maximum atomic E-state index is 12.5. The Morgan fingerprint density at radius 3 is 2.33 bits per heavy atom. The van der Waals surface area contributed by atoms with Crippen LogP contribution in [-0.4, -0.2) is 44.5 Å². The van der Waals surface area contributed by atoms with Crippen molar-refractivity contribution in [3.05, 3.63) is 89.9 Å². The first-order valence-corrected chi connectivity index (χ1v) is 13.2. The van der Waals surface area contributed by atoms with Crippen LogP contribution in [0.15, 0.2) is 73.1 Å². The molecule has 0 aliphatic heterocycles. The number of carbonyl (C=O) groups is 2. The zero-order chi connectivity index (χ0) is 28.6. The number of aromatic nitrogens is 3. The van der Waals surface area contributed by atoms with E-state index in [1.807, 2.05) is 29.8 Å². The Morgan fingerprint density at radius 2 is 1.65 bits per heavy atom. The van der Waals surface area contributed by atoms with Gasteiger partial charge in [0.2, 0.25) is 0 Å². The number of esters is 1. The highest BCUT2D eigenvalue weighted by atomic mass is 16.5. The van der Waals surface area contributed by atoms with E-state index in [2.05, 4.69) is 29.2 Å². The predicted molar refractivity (Wildman–Crippen MR) is 152 cm³/mol. The molecule has 3 N–H and O–H groups in total. The number of nitrogens with two attached hydrogens (primary N) is 1. The Hall–Kier alpha value is -4.50. The summed E-state index contributed by atoms with van der Waals surface area (Å²) in [6, 6.07) is 18.4. The van der Waals surface area contributed by atoms with Crippen LogP contribution in [0, 0.1) is 6.92 Å². The van der Waals surface area contributed by atoms with Crippen molar-refractivity contribution in [2.24, 2.45) is 5.73 Å². The van der Waals surface area contributed by atoms with Crippen molar-refractivity contribution in [3.63, 3.8) is 0 Å². The van der Waals surface area contributed by atoms with Gasteiger partial charge < -0.3 is 20.3 Å². The van der Waals surface area contributed by atoms with E-state index < -0.39 is 18.0 Å². The fourth-order valence-corrected chi connectivity index (χ4v) is 4.36. The second kappa shape index (κ2) is 13.0. The maximum absolute atomic E-state index is 12.5. The maximum Gasteiger partial charge on any atom is 0.327 e. The molecule has 9 heteroatoms. The first-order valence-electron chi connectivity index (χ1n) is 13.2. The summed E-state index contributed by atoms with van der Waals surface area (Å²) in [5.41, 5.74) is 12.5. The second-order valence-corrected chi connectivity index (χ2v) is 9.77. The van der Waals surface area contributed by atoms with Crippen LogP contribution in [0.4, 0.5) is 0 Å². The van der Waals surface area contributed by atoms with Crippen LogP contribution >= 0.6 is 0 Å². The van der Waals surface area contributed by atoms with E-state index in [1.54, 1.807) is 44.4 Å². The summed E-state index contributed by atoms with van der Waals surface area (Å²) in [4.78, 5) is 27.7. The van der Waals surface area contributed by atoms with E-state index in [-0.39, 0.29) is 18.9 Å². The van der Waals surface area contributed by atoms with Gasteiger partial charge in [-0.1, -0.05) is 30.3 Å². The number of carbonyl (C=O) groups excluding carboxylic acids is 1. The van der Waals surface area contributed by atoms with Gasteiger partial charge in [-0.05, 0) is 79.8 Å². The highest BCUT2D eigenvalue weighted by molar-refractivity contribution is 5.78. The molecular weight excluding hydrogens is 508 g/mol. The van der Waals surface area contributed by atoms with Gasteiger partial charge in [-0.2, -0.15) is 5.10 Å². The van der Waals surface area contributed by atoms with Gasteiger partial charge in [-0.25, -0.2) is 4.79 Å². The van der Waals surface area contributed by atoms with Gasteiger partial charge in [0.25, 0.3) is 0 Å². The summed E-state index contributed by atoms with van der Waals surface area (Å²) >= 11 is 0. The van der Waals surface area contributed by atoms with Crippen LogP contribution in [0.1, 0.15) is 43.1 Å². The van der Waals surface area contributed by atoms with Gasteiger partial charge >= 0.3 is 11.9 Å². The van der Waals surface area contributed by atoms with Crippen molar-refractivity contribution >= 4 is 11.9 Å². The van der Waals surface area contributed by atoms with E-state index in [0.29, 0.717) is 30.0 Å². The highest BCUT2D eigenvalue weighted by Gasteiger charge is 2.22. The Balaban J connectivity index is 1.43. The average Bonchev–Trinajstić information content (AvgIpc) is 3.32. The molecule has 0 saturated carbocycles. The molecule has 0 saturated heterocycles. The topological polar surface area (TPSA) is 130 Å². The molecule has 0 aliphatic rings. The number of rotatable bonds is 12. The van der Waals surface area contributed by atoms with Crippen molar-refractivity contribution in [1.82, 2.24) is 14.8 Å². The molecule has 1 unspecified atom stereocenters. The molecule has 4 rings (SSSR count). The molecule has 2 heterocycles. The number of benzene rings is 2. The third kappa shape index (κ3) is 7.33. The van der Waals surface area contributed by atoms with E-state index >= 15 is 0 Å². The lowest BCUT2D eigenvalue weighted by Gasteiger charge is -2.18. The molecular formula is C31H34N4O5. The van der Waals surface area contributed by atoms with Gasteiger partial charge in [-0.15, -0.1) is 0 Å². The van der Waals surface area contributed by atoms with Gasteiger partial charge in [0, 0.05) is 30.1 Å². The minimum atomic E-state index is -1.05. The molecule has 1 atom stereocenters. The van der Waals surface area contributed by atoms with Crippen LogP contribution in [0.3, 0.4) is 0 Å². The number of nitrogens with zero attached hydrogens (tertiary/aromatic N) is 3. The zero-order valence-electron chi connectivity index (χ0n) is 22.9. The fourth-order valence-electron chi connectivity index (χ4n) is 4.36. The first kappa shape index (κ1) is 28.5. The summed E-state index contributed by atoms with van der Waals surface area (Å²) in [6.45, 7) is 6.34. The van der Waals surface area contributed by atoms with Crippen LogP contribution in [0.2, 0.25) is 0 Å². The predicted octanol–water partition coefficient (Wildman–Crippen LogP) is 4.97. The number of carboxylic acids is 1. The molecule has 40 heavy (non-hydrogen) atoms. The third-order valence-corrected chi connectivity index (χ3v) is 6.41. The van der Waals surface area contributed by atoms with Crippen molar-refractivity contribution < 1.29 is 24.2 Å². The number of hydrogen-bond donors (Lipinski definition) is 2. The van der Waals surface area contributed by atoms with Gasteiger partial charge in [0.05, 0.1) is 18.3 Å². The number of aryl methyl sites for hydroxylation is 2. The standard InChI is InChI=1S/C31H34N4O5/c1-20(2)40-31(38)30(32)27-19-26(10-8-24(27)9-11-29(36)37)39-17-16-35-21(3)18-28(34-35)25-6-4-22(5-7-25)23-12-14-33-15-13-23/h4-8,10,12-15,18-20,30H,9,11,16-17,32H2,1-3H3,(H,36,37). The lowest BCUT2D eigenvalue weighted by molar-refractivity contribution is -0.149. The molecule has 208 valence electrons. The van der Waals surface area contributed by atoms with Crippen LogP contribution in [0.5, 0.6) is 5.75 Å². The van der Waals surface area contributed by atoms with E-state index in [4.69, 9.17) is 25.4 Å². The van der Waals surface area contributed by atoms with Crippen LogP contribution in [-0.2, 0) is 27.3 Å². The molecule has 0 amide bonds. The number of carboxylic acid groups (broad SMARTS) is 1. The van der Waals surface area contributed by atoms with Gasteiger partial charge in [0.15, 0.2) is 0 Å². The average molecular weight is 543 g/mol. The van der Waals surface area contributed by atoms with E-state index in [9.17, 15) is 9.59 Å². The number of hydrogen-bond acceptors (Lipinski definition) is 7. The number of pyridine rings is 1. The summed E-state index contributed by atoms with van der Waals surface area (Å²) < 4.78 is 13.1. The number of aliphatic carboxylic acids is 1. The summed E-state index contributed by atoms with van der Waals surface area (Å²) in [5.74, 6) is -0.973. The first-order chi connectivity index (χ1) is 19.2. The Labute approximate surface area is 233 Å². The van der Waals surface area contributed by atoms with Crippen LogP contribution < -0.4 is 10.5 Å². The van der Waals surface area contributed by atoms with E-state index in [1.165, 1.54) is 0 Å². The minimum Gasteiger partial charge on any atom is -0.492 e. The Kier molecular flexibility index (Phi) is 9.29. The summed E-state index contributed by atoms with van der Waals surface area (Å²) in [6.07, 6.45) is 3.40. The zero-order valence-corrected chi connectivity index (χ0v) is 22.9. The normalized spacial score (nSPS) is 11.8. The lowest BCUT2D eigenvalue weighted by atomic mass is 9.97. The van der Waals surface area contributed by atoms with Crippen molar-refractivity contribution in [2.45, 2.75) is 52.3 Å². The van der Waals surface area contributed by atoms with Crippen molar-refractivity contribution in [2.75, 3.05) is 6.61 Å². The highest BCUT2D eigenvalue weighted by Crippen LogP contribution is 2.26. The molecule has 2 aromatic carbocycles. The molecule has 4 aromatic rings. The monoisotopic (exact) mass is 542 g/mol. The summed E-state index contributed by atoms with van der Waals surface area (Å²) in [7, 11) is 0. The van der Waals surface area contributed by atoms with E-state index in [0.717, 1.165) is 28.1 Å². The molecule has 0 aliphatic carbocycles. The molecule has 0 bridgehead atoms. The molecule has 0 spiro atoms. The fraction of sp³-hybridized carbons (Fsp3) is 0.290. The molecule has 9 nitrogen and oxygen atoms in total. The summed E-state index contributed by atoms with van der Waals surface area (Å²) in [5, 5.41) is 13.9. The smallest absolute Gasteiger partial charge is 0.327 e. The third-order valence-electron chi connectivity index (χ3n) is 6.41. The van der Waals surface area contributed by atoms with Crippen molar-refractivity contribution in [3.8, 4) is 28.1 Å².